The molecule has 0 saturated heterocycles. The van der Waals surface area contributed by atoms with Gasteiger partial charge in [0, 0.05) is 0 Å². The zero-order chi connectivity index (χ0) is 15.3. The summed E-state index contributed by atoms with van der Waals surface area (Å²) in [6, 6.07) is 7.76. The Labute approximate surface area is 119 Å². The molecule has 0 heterocycles. The van der Waals surface area contributed by atoms with Crippen LogP contribution in [0.1, 0.15) is 38.8 Å². The first-order valence-corrected chi connectivity index (χ1v) is 6.54. The lowest BCUT2D eigenvalue weighted by molar-refractivity contribution is -0.137. The molecule has 1 rings (SSSR count). The van der Waals surface area contributed by atoms with E-state index in [1.54, 1.807) is 24.3 Å². The van der Waals surface area contributed by atoms with Crippen molar-refractivity contribution in [2.75, 3.05) is 0 Å². The lowest BCUT2D eigenvalue weighted by Crippen LogP contribution is -2.49. The highest BCUT2D eigenvalue weighted by molar-refractivity contribution is 5.83. The summed E-state index contributed by atoms with van der Waals surface area (Å²) in [5.74, 6) is -1.31. The van der Waals surface area contributed by atoms with E-state index in [0.29, 0.717) is 0 Å². The van der Waals surface area contributed by atoms with Crippen LogP contribution in [-0.4, -0.2) is 23.0 Å². The molecular formula is C15H22N2O3. The van der Waals surface area contributed by atoms with Crippen LogP contribution >= 0.6 is 0 Å². The van der Waals surface area contributed by atoms with Gasteiger partial charge in [-0.2, -0.15) is 0 Å². The van der Waals surface area contributed by atoms with Gasteiger partial charge in [-0.15, -0.1) is 0 Å². The van der Waals surface area contributed by atoms with Gasteiger partial charge in [0.15, 0.2) is 0 Å². The predicted octanol–water partition coefficient (Wildman–Crippen LogP) is 1.69. The fourth-order valence-corrected chi connectivity index (χ4v) is 1.77. The van der Waals surface area contributed by atoms with E-state index in [9.17, 15) is 9.59 Å². The van der Waals surface area contributed by atoms with Gasteiger partial charge in [0.1, 0.15) is 0 Å². The second-order valence-electron chi connectivity index (χ2n) is 5.91. The predicted molar refractivity (Wildman–Crippen MR) is 77.0 cm³/mol. The van der Waals surface area contributed by atoms with Crippen molar-refractivity contribution in [1.29, 1.82) is 0 Å². The Hall–Kier alpha value is -1.88. The Morgan fingerprint density at radius 3 is 2.25 bits per heavy atom. The number of carboxylic acid groups (broad SMARTS) is 1. The van der Waals surface area contributed by atoms with Crippen LogP contribution in [0.5, 0.6) is 0 Å². The van der Waals surface area contributed by atoms with Crippen molar-refractivity contribution in [3.8, 4) is 0 Å². The molecule has 0 spiro atoms. The Kier molecular flexibility index (Phi) is 5.27. The molecule has 0 radical (unpaired) electrons. The standard InChI is InChI=1S/C15H22N2O3/c1-15(2,3)13(16)14(20)17-11(9-12(18)19)10-7-5-4-6-8-10/h4-8,11,13H,9,16H2,1-3H3,(H,17,20)(H,18,19). The third kappa shape index (κ3) is 4.66. The minimum atomic E-state index is -0.969. The number of nitrogens with one attached hydrogen (secondary N) is 1. The summed E-state index contributed by atoms with van der Waals surface area (Å²) in [5, 5.41) is 11.7. The van der Waals surface area contributed by atoms with E-state index in [-0.39, 0.29) is 17.7 Å². The van der Waals surface area contributed by atoms with Gasteiger partial charge in [-0.25, -0.2) is 0 Å². The van der Waals surface area contributed by atoms with Crippen molar-refractivity contribution >= 4 is 11.9 Å². The number of carbonyl (C=O) groups excluding carboxylic acids is 1. The monoisotopic (exact) mass is 278 g/mol. The molecular weight excluding hydrogens is 256 g/mol. The van der Waals surface area contributed by atoms with E-state index in [2.05, 4.69) is 5.32 Å². The van der Waals surface area contributed by atoms with E-state index in [4.69, 9.17) is 10.8 Å². The Morgan fingerprint density at radius 2 is 1.80 bits per heavy atom. The number of benzene rings is 1. The second-order valence-corrected chi connectivity index (χ2v) is 5.91. The third-order valence-electron chi connectivity index (χ3n) is 3.11. The van der Waals surface area contributed by atoms with Crippen LogP contribution in [0.15, 0.2) is 30.3 Å². The summed E-state index contributed by atoms with van der Waals surface area (Å²) in [6.45, 7) is 5.60. The number of hydrogen-bond acceptors (Lipinski definition) is 3. The summed E-state index contributed by atoms with van der Waals surface area (Å²) in [7, 11) is 0. The first kappa shape index (κ1) is 16.2. The van der Waals surface area contributed by atoms with Gasteiger partial charge in [-0.3, -0.25) is 9.59 Å². The van der Waals surface area contributed by atoms with Crippen molar-refractivity contribution < 1.29 is 14.7 Å². The molecule has 2 atom stereocenters. The quantitative estimate of drug-likeness (QED) is 0.764. The number of carboxylic acids is 1. The van der Waals surface area contributed by atoms with Crippen LogP contribution in [0, 0.1) is 5.41 Å². The maximum absolute atomic E-state index is 12.1. The summed E-state index contributed by atoms with van der Waals surface area (Å²) in [4.78, 5) is 23.1. The molecule has 0 fully saturated rings. The minimum absolute atomic E-state index is 0.174. The van der Waals surface area contributed by atoms with Gasteiger partial charge in [-0.1, -0.05) is 51.1 Å². The molecule has 4 N–H and O–H groups in total. The van der Waals surface area contributed by atoms with Crippen LogP contribution in [0.3, 0.4) is 0 Å². The van der Waals surface area contributed by atoms with Crippen LogP contribution in [0.4, 0.5) is 0 Å². The molecule has 0 bridgehead atoms. The summed E-state index contributed by atoms with van der Waals surface area (Å²) < 4.78 is 0. The number of rotatable bonds is 5. The number of hydrogen-bond donors (Lipinski definition) is 3. The van der Waals surface area contributed by atoms with E-state index in [1.807, 2.05) is 26.8 Å². The van der Waals surface area contributed by atoms with Crippen LogP contribution in [-0.2, 0) is 9.59 Å². The fourth-order valence-electron chi connectivity index (χ4n) is 1.77. The van der Waals surface area contributed by atoms with Crippen molar-refractivity contribution in [1.82, 2.24) is 5.32 Å². The zero-order valence-corrected chi connectivity index (χ0v) is 12.1. The van der Waals surface area contributed by atoms with Crippen molar-refractivity contribution in [2.24, 2.45) is 11.1 Å². The average molecular weight is 278 g/mol. The molecule has 1 aromatic carbocycles. The molecule has 0 aliphatic heterocycles. The molecule has 1 amide bonds. The summed E-state index contributed by atoms with van der Waals surface area (Å²) in [6.07, 6.45) is -0.174. The lowest BCUT2D eigenvalue weighted by atomic mass is 9.86. The summed E-state index contributed by atoms with van der Waals surface area (Å²) in [5.41, 5.74) is 6.27. The Bertz CT molecular complexity index is 466. The van der Waals surface area contributed by atoms with E-state index in [0.717, 1.165) is 5.56 Å². The number of amides is 1. The first-order valence-electron chi connectivity index (χ1n) is 6.54. The van der Waals surface area contributed by atoms with E-state index in [1.165, 1.54) is 0 Å². The lowest BCUT2D eigenvalue weighted by Gasteiger charge is -2.28. The number of carbonyl (C=O) groups is 2. The number of aliphatic carboxylic acids is 1. The van der Waals surface area contributed by atoms with Crippen molar-refractivity contribution in [3.05, 3.63) is 35.9 Å². The van der Waals surface area contributed by atoms with Gasteiger partial charge in [0.2, 0.25) is 5.91 Å². The van der Waals surface area contributed by atoms with Gasteiger partial charge < -0.3 is 16.2 Å². The minimum Gasteiger partial charge on any atom is -0.481 e. The second kappa shape index (κ2) is 6.52. The molecule has 0 aliphatic carbocycles. The first-order chi connectivity index (χ1) is 9.21. The normalized spacial score (nSPS) is 14.4. The van der Waals surface area contributed by atoms with Gasteiger partial charge in [0.25, 0.3) is 0 Å². The van der Waals surface area contributed by atoms with Crippen molar-refractivity contribution in [3.63, 3.8) is 0 Å². The molecule has 0 saturated carbocycles. The smallest absolute Gasteiger partial charge is 0.305 e. The van der Waals surface area contributed by atoms with Crippen LogP contribution in [0.25, 0.3) is 0 Å². The molecule has 0 aliphatic rings. The molecule has 20 heavy (non-hydrogen) atoms. The molecule has 1 aromatic rings. The fraction of sp³-hybridized carbons (Fsp3) is 0.467. The Morgan fingerprint density at radius 1 is 1.25 bits per heavy atom. The summed E-state index contributed by atoms with van der Waals surface area (Å²) >= 11 is 0. The maximum atomic E-state index is 12.1. The highest BCUT2D eigenvalue weighted by Gasteiger charge is 2.29. The zero-order valence-electron chi connectivity index (χ0n) is 12.1. The van der Waals surface area contributed by atoms with Gasteiger partial charge in [0.05, 0.1) is 18.5 Å². The highest BCUT2D eigenvalue weighted by atomic mass is 16.4. The molecule has 0 aromatic heterocycles. The number of nitrogens with two attached hydrogens (primary N) is 1. The molecule has 5 nitrogen and oxygen atoms in total. The van der Waals surface area contributed by atoms with Gasteiger partial charge in [-0.05, 0) is 11.0 Å². The van der Waals surface area contributed by atoms with E-state index < -0.39 is 18.1 Å². The van der Waals surface area contributed by atoms with E-state index >= 15 is 0 Å². The Balaban J connectivity index is 2.86. The van der Waals surface area contributed by atoms with Crippen LogP contribution < -0.4 is 11.1 Å². The van der Waals surface area contributed by atoms with Crippen LogP contribution in [0.2, 0.25) is 0 Å². The molecule has 110 valence electrons. The largest absolute Gasteiger partial charge is 0.481 e. The topological polar surface area (TPSA) is 92.4 Å². The SMILES string of the molecule is CC(C)(C)C(N)C(=O)NC(CC(=O)O)c1ccccc1. The average Bonchev–Trinajstić information content (AvgIpc) is 2.36. The molecule has 2 unspecified atom stereocenters. The van der Waals surface area contributed by atoms with Crippen molar-refractivity contribution in [2.45, 2.75) is 39.3 Å². The molecule has 5 heteroatoms. The van der Waals surface area contributed by atoms with Gasteiger partial charge >= 0.3 is 5.97 Å². The third-order valence-corrected chi connectivity index (χ3v) is 3.11. The maximum Gasteiger partial charge on any atom is 0.305 e. The highest BCUT2D eigenvalue weighted by Crippen LogP contribution is 2.20.